The minimum absolute atomic E-state index is 0.245. The zero-order valence-corrected chi connectivity index (χ0v) is 9.05. The molecule has 0 fully saturated rings. The molecule has 13 heavy (non-hydrogen) atoms. The first-order valence-corrected chi connectivity index (χ1v) is 5.53. The molecule has 1 aliphatic rings. The molecule has 0 heterocycles. The van der Waals surface area contributed by atoms with Crippen molar-refractivity contribution in [3.8, 4) is 0 Å². The molecule has 0 spiro atoms. The van der Waals surface area contributed by atoms with Gasteiger partial charge in [-0.2, -0.15) is 0 Å². The van der Waals surface area contributed by atoms with E-state index in [4.69, 9.17) is 0 Å². The summed E-state index contributed by atoms with van der Waals surface area (Å²) in [6.45, 7) is 0. The van der Waals surface area contributed by atoms with Crippen LogP contribution in [0.3, 0.4) is 0 Å². The van der Waals surface area contributed by atoms with Gasteiger partial charge in [-0.3, -0.25) is 0 Å². The summed E-state index contributed by atoms with van der Waals surface area (Å²) in [5, 5.41) is 9.82. The maximum absolute atomic E-state index is 9.82. The van der Waals surface area contributed by atoms with Crippen molar-refractivity contribution in [2.24, 2.45) is 0 Å². The van der Waals surface area contributed by atoms with Crippen molar-refractivity contribution in [2.75, 3.05) is 0 Å². The fraction of sp³-hybridized carbons (Fsp3) is 0.455. The van der Waals surface area contributed by atoms with Crippen LogP contribution in [0.4, 0.5) is 0 Å². The number of aliphatic hydroxyl groups is 1. The van der Waals surface area contributed by atoms with Gasteiger partial charge in [-0.25, -0.2) is 0 Å². The highest BCUT2D eigenvalue weighted by molar-refractivity contribution is 9.10. The number of aliphatic hydroxyl groups excluding tert-OH is 1. The van der Waals surface area contributed by atoms with Crippen molar-refractivity contribution in [1.82, 2.24) is 0 Å². The lowest BCUT2D eigenvalue weighted by molar-refractivity contribution is 0.166. The van der Waals surface area contributed by atoms with Crippen molar-refractivity contribution in [1.29, 1.82) is 0 Å². The number of rotatable bonds is 0. The molecular formula is C11H13BrO. The molecule has 1 aromatic rings. The maximum Gasteiger partial charge on any atom is 0.0792 e. The first-order valence-electron chi connectivity index (χ1n) is 4.74. The molecular weight excluding hydrogens is 228 g/mol. The second kappa shape index (κ2) is 3.81. The van der Waals surface area contributed by atoms with Gasteiger partial charge in [-0.05, 0) is 42.5 Å². The normalized spacial score (nSPS) is 22.2. The molecule has 1 atom stereocenters. The average Bonchev–Trinajstić information content (AvgIpc) is 2.28. The monoisotopic (exact) mass is 240 g/mol. The Labute approximate surface area is 86.9 Å². The van der Waals surface area contributed by atoms with E-state index in [2.05, 4.69) is 22.0 Å². The smallest absolute Gasteiger partial charge is 0.0792 e. The molecule has 0 saturated heterocycles. The second-order valence-corrected chi connectivity index (χ2v) is 4.52. The number of fused-ring (bicyclic) bond motifs is 1. The molecule has 2 heteroatoms. The molecule has 0 bridgehead atoms. The van der Waals surface area contributed by atoms with Crippen LogP contribution in [0.1, 0.15) is 36.5 Å². The van der Waals surface area contributed by atoms with Crippen LogP contribution in [-0.2, 0) is 6.42 Å². The molecule has 0 aliphatic heterocycles. The minimum atomic E-state index is -0.245. The largest absolute Gasteiger partial charge is 0.388 e. The van der Waals surface area contributed by atoms with Gasteiger partial charge in [-0.1, -0.05) is 28.4 Å². The maximum atomic E-state index is 9.82. The van der Waals surface area contributed by atoms with Crippen molar-refractivity contribution in [3.63, 3.8) is 0 Å². The number of hydrogen-bond donors (Lipinski definition) is 1. The Balaban J connectivity index is 2.42. The SMILES string of the molecule is OC1CCCCc2cc(Br)ccc21. The fourth-order valence-electron chi connectivity index (χ4n) is 1.92. The first-order chi connectivity index (χ1) is 6.27. The highest BCUT2D eigenvalue weighted by atomic mass is 79.9. The lowest BCUT2D eigenvalue weighted by atomic mass is 10.0. The van der Waals surface area contributed by atoms with E-state index in [0.29, 0.717) is 0 Å². The van der Waals surface area contributed by atoms with Gasteiger partial charge in [0, 0.05) is 4.47 Å². The molecule has 2 rings (SSSR count). The Bertz CT molecular complexity index is 309. The van der Waals surface area contributed by atoms with Gasteiger partial charge in [0.2, 0.25) is 0 Å². The molecule has 1 unspecified atom stereocenters. The molecule has 1 N–H and O–H groups in total. The van der Waals surface area contributed by atoms with Crippen molar-refractivity contribution in [2.45, 2.75) is 31.8 Å². The van der Waals surface area contributed by atoms with E-state index in [1.54, 1.807) is 0 Å². The summed E-state index contributed by atoms with van der Waals surface area (Å²) in [7, 11) is 0. The number of aryl methyl sites for hydroxylation is 1. The molecule has 0 saturated carbocycles. The van der Waals surface area contributed by atoms with Gasteiger partial charge in [-0.15, -0.1) is 0 Å². The first kappa shape index (κ1) is 9.22. The Morgan fingerprint density at radius 3 is 3.00 bits per heavy atom. The van der Waals surface area contributed by atoms with Gasteiger partial charge < -0.3 is 5.11 Å². The third-order valence-electron chi connectivity index (χ3n) is 2.64. The van der Waals surface area contributed by atoms with Crippen LogP contribution in [0.25, 0.3) is 0 Å². The summed E-state index contributed by atoms with van der Waals surface area (Å²) in [6.07, 6.45) is 4.10. The van der Waals surface area contributed by atoms with Crippen LogP contribution in [0.15, 0.2) is 22.7 Å². The van der Waals surface area contributed by atoms with Crippen molar-refractivity contribution < 1.29 is 5.11 Å². The lowest BCUT2D eigenvalue weighted by Gasteiger charge is -2.11. The van der Waals surface area contributed by atoms with Gasteiger partial charge in [0.15, 0.2) is 0 Å². The molecule has 70 valence electrons. The quantitative estimate of drug-likeness (QED) is 0.691. The van der Waals surface area contributed by atoms with Gasteiger partial charge in [0.25, 0.3) is 0 Å². The summed E-state index contributed by atoms with van der Waals surface area (Å²) in [5.41, 5.74) is 2.43. The van der Waals surface area contributed by atoms with Crippen LogP contribution in [0.2, 0.25) is 0 Å². The van der Waals surface area contributed by atoms with Crippen LogP contribution >= 0.6 is 15.9 Å². The zero-order valence-electron chi connectivity index (χ0n) is 7.46. The summed E-state index contributed by atoms with van der Waals surface area (Å²) >= 11 is 3.45. The van der Waals surface area contributed by atoms with E-state index < -0.39 is 0 Å². The van der Waals surface area contributed by atoms with Crippen LogP contribution in [0, 0.1) is 0 Å². The van der Waals surface area contributed by atoms with Gasteiger partial charge in [0.1, 0.15) is 0 Å². The Hall–Kier alpha value is -0.340. The minimum Gasteiger partial charge on any atom is -0.388 e. The van der Waals surface area contributed by atoms with Gasteiger partial charge in [0.05, 0.1) is 6.10 Å². The van der Waals surface area contributed by atoms with Crippen LogP contribution < -0.4 is 0 Å². The van der Waals surface area contributed by atoms with E-state index >= 15 is 0 Å². The van der Waals surface area contributed by atoms with Crippen LogP contribution in [0.5, 0.6) is 0 Å². The number of benzene rings is 1. The molecule has 0 radical (unpaired) electrons. The summed E-state index contributed by atoms with van der Waals surface area (Å²) < 4.78 is 1.11. The standard InChI is InChI=1S/C11H13BrO/c12-9-5-6-10-8(7-9)3-1-2-4-11(10)13/h5-7,11,13H,1-4H2. The predicted molar refractivity (Wildman–Crippen MR) is 56.7 cm³/mol. The van der Waals surface area contributed by atoms with E-state index in [1.807, 2.05) is 12.1 Å². The molecule has 0 aromatic heterocycles. The van der Waals surface area contributed by atoms with E-state index in [-0.39, 0.29) is 6.10 Å². The molecule has 0 amide bonds. The van der Waals surface area contributed by atoms with E-state index in [0.717, 1.165) is 29.3 Å². The number of hydrogen-bond acceptors (Lipinski definition) is 1. The summed E-state index contributed by atoms with van der Waals surface area (Å²) in [4.78, 5) is 0. The fourth-order valence-corrected chi connectivity index (χ4v) is 2.33. The molecule has 1 aromatic carbocycles. The topological polar surface area (TPSA) is 20.2 Å². The Kier molecular flexibility index (Phi) is 2.70. The predicted octanol–water partition coefficient (Wildman–Crippen LogP) is 3.21. The number of halogens is 1. The Morgan fingerprint density at radius 1 is 1.31 bits per heavy atom. The lowest BCUT2D eigenvalue weighted by Crippen LogP contribution is -1.98. The third-order valence-corrected chi connectivity index (χ3v) is 3.13. The average molecular weight is 241 g/mol. The van der Waals surface area contributed by atoms with E-state index in [9.17, 15) is 5.11 Å². The molecule has 1 nitrogen and oxygen atoms in total. The third kappa shape index (κ3) is 1.94. The van der Waals surface area contributed by atoms with Crippen molar-refractivity contribution in [3.05, 3.63) is 33.8 Å². The second-order valence-electron chi connectivity index (χ2n) is 3.60. The Morgan fingerprint density at radius 2 is 2.15 bits per heavy atom. The van der Waals surface area contributed by atoms with Crippen LogP contribution in [-0.4, -0.2) is 5.11 Å². The highest BCUT2D eigenvalue weighted by Gasteiger charge is 2.15. The van der Waals surface area contributed by atoms with Crippen molar-refractivity contribution >= 4 is 15.9 Å². The summed E-state index contributed by atoms with van der Waals surface area (Å²) in [6, 6.07) is 6.17. The molecule has 1 aliphatic carbocycles. The van der Waals surface area contributed by atoms with E-state index in [1.165, 1.54) is 12.0 Å². The zero-order chi connectivity index (χ0) is 9.26. The summed E-state index contributed by atoms with van der Waals surface area (Å²) in [5.74, 6) is 0. The highest BCUT2D eigenvalue weighted by Crippen LogP contribution is 2.30. The van der Waals surface area contributed by atoms with Gasteiger partial charge >= 0.3 is 0 Å².